The maximum Gasteiger partial charge on any atom is 0.146 e. The number of nitrogens with zero attached hydrogens (tertiary/aromatic N) is 2. The summed E-state index contributed by atoms with van der Waals surface area (Å²) in [5.41, 5.74) is 3.84. The van der Waals surface area contributed by atoms with Gasteiger partial charge in [0.2, 0.25) is 0 Å². The highest BCUT2D eigenvalue weighted by molar-refractivity contribution is 5.40. The van der Waals surface area contributed by atoms with Crippen molar-refractivity contribution in [2.75, 3.05) is 0 Å². The Morgan fingerprint density at radius 1 is 0.958 bits per heavy atom. The molecule has 0 atom stereocenters. The van der Waals surface area contributed by atoms with E-state index in [0.717, 1.165) is 11.6 Å². The lowest BCUT2D eigenvalue weighted by atomic mass is 9.78. The Bertz CT molecular complexity index is 799. The molecule has 3 heteroatoms. The molecule has 1 aromatic heterocycles. The summed E-state index contributed by atoms with van der Waals surface area (Å²) in [5.74, 6) is 1.78. The molecule has 0 N–H and O–H groups in total. The first kappa shape index (κ1) is 16.3. The highest BCUT2D eigenvalue weighted by Gasteiger charge is 2.22. The van der Waals surface area contributed by atoms with Gasteiger partial charge in [-0.2, -0.15) is 0 Å². The lowest BCUT2D eigenvalue weighted by Gasteiger charge is -2.26. The lowest BCUT2D eigenvalue weighted by Crippen LogP contribution is -2.18. The molecule has 0 unspecified atom stereocenters. The molecule has 1 heterocycles. The van der Waals surface area contributed by atoms with Gasteiger partial charge >= 0.3 is 0 Å². The number of hydrogen-bond acceptors (Lipinski definition) is 2. The van der Waals surface area contributed by atoms with Gasteiger partial charge in [-0.15, -0.1) is 0 Å². The van der Waals surface area contributed by atoms with Gasteiger partial charge in [0, 0.05) is 24.9 Å². The highest BCUT2D eigenvalue weighted by atomic mass is 16.5. The van der Waals surface area contributed by atoms with Crippen molar-refractivity contribution >= 4 is 0 Å². The third kappa shape index (κ3) is 3.35. The van der Waals surface area contributed by atoms with Gasteiger partial charge in [0.15, 0.2) is 0 Å². The summed E-state index contributed by atoms with van der Waals surface area (Å²) in [6, 6.07) is 17.1. The Kier molecular flexibility index (Phi) is 4.43. The van der Waals surface area contributed by atoms with Crippen LogP contribution >= 0.6 is 0 Å². The maximum absolute atomic E-state index is 5.84. The average molecular weight is 320 g/mol. The molecule has 0 amide bonds. The lowest BCUT2D eigenvalue weighted by molar-refractivity contribution is 0.291. The topological polar surface area (TPSA) is 27.1 Å². The fraction of sp³-hybridized carbons (Fsp3) is 0.286. The van der Waals surface area contributed by atoms with E-state index in [4.69, 9.17) is 4.74 Å². The molecule has 2 aromatic carbocycles. The molecule has 3 aromatic rings. The predicted octanol–water partition coefficient (Wildman–Crippen LogP) is 4.63. The zero-order valence-corrected chi connectivity index (χ0v) is 14.8. The molecule has 24 heavy (non-hydrogen) atoms. The Morgan fingerprint density at radius 2 is 1.54 bits per heavy atom. The smallest absolute Gasteiger partial charge is 0.146 e. The van der Waals surface area contributed by atoms with E-state index in [0.29, 0.717) is 6.61 Å². The van der Waals surface area contributed by atoms with Crippen LogP contribution in [0.5, 0.6) is 5.75 Å². The molecular formula is C21H24N2O. The number of rotatable bonds is 5. The van der Waals surface area contributed by atoms with Crippen LogP contribution in [0, 0.1) is 6.92 Å². The van der Waals surface area contributed by atoms with E-state index in [1.807, 2.05) is 29.9 Å². The van der Waals surface area contributed by atoms with E-state index in [2.05, 4.69) is 62.2 Å². The van der Waals surface area contributed by atoms with Gasteiger partial charge in [-0.3, -0.25) is 0 Å². The van der Waals surface area contributed by atoms with Crippen LogP contribution in [0.3, 0.4) is 0 Å². The fourth-order valence-corrected chi connectivity index (χ4v) is 2.79. The van der Waals surface area contributed by atoms with E-state index in [-0.39, 0.29) is 5.41 Å². The molecule has 0 aliphatic heterocycles. The average Bonchev–Trinajstić information content (AvgIpc) is 2.99. The minimum absolute atomic E-state index is 0.0358. The summed E-state index contributed by atoms with van der Waals surface area (Å²) in [6.45, 7) is 7.09. The molecule has 0 spiro atoms. The zero-order chi connectivity index (χ0) is 17.2. The van der Waals surface area contributed by atoms with Gasteiger partial charge in [-0.1, -0.05) is 55.8 Å². The van der Waals surface area contributed by atoms with Crippen LogP contribution in [0.25, 0.3) is 0 Å². The molecule has 0 saturated carbocycles. The van der Waals surface area contributed by atoms with Crippen molar-refractivity contribution in [3.8, 4) is 5.75 Å². The van der Waals surface area contributed by atoms with Crippen molar-refractivity contribution in [2.45, 2.75) is 32.8 Å². The standard InChI is InChI=1S/C21H24N2O/c1-16-5-7-17(8-6-16)21(2,3)18-9-11-19(12-10-18)24-15-20-22-13-14-23(20)4/h5-14H,15H2,1-4H3. The van der Waals surface area contributed by atoms with Crippen LogP contribution in [0.15, 0.2) is 60.9 Å². The van der Waals surface area contributed by atoms with E-state index in [1.165, 1.54) is 16.7 Å². The van der Waals surface area contributed by atoms with Crippen LogP contribution in [-0.2, 0) is 19.1 Å². The van der Waals surface area contributed by atoms with Crippen LogP contribution in [0.4, 0.5) is 0 Å². The monoisotopic (exact) mass is 320 g/mol. The molecule has 3 nitrogen and oxygen atoms in total. The van der Waals surface area contributed by atoms with E-state index >= 15 is 0 Å². The quantitative estimate of drug-likeness (QED) is 0.685. The Labute approximate surface area is 143 Å². The number of benzene rings is 2. The van der Waals surface area contributed by atoms with Gasteiger partial charge in [0.25, 0.3) is 0 Å². The molecule has 0 fully saturated rings. The summed E-state index contributed by atoms with van der Waals surface area (Å²) in [4.78, 5) is 4.27. The summed E-state index contributed by atoms with van der Waals surface area (Å²) in [5, 5.41) is 0. The molecule has 0 aliphatic carbocycles. The number of ether oxygens (including phenoxy) is 1. The van der Waals surface area contributed by atoms with Crippen molar-refractivity contribution in [3.05, 3.63) is 83.4 Å². The molecule has 0 bridgehead atoms. The number of imidazole rings is 1. The van der Waals surface area contributed by atoms with Crippen LogP contribution in [0.1, 0.15) is 36.4 Å². The summed E-state index contributed by atoms with van der Waals surface area (Å²) >= 11 is 0. The minimum atomic E-state index is -0.0358. The van der Waals surface area contributed by atoms with Gasteiger partial charge in [0.1, 0.15) is 18.2 Å². The summed E-state index contributed by atoms with van der Waals surface area (Å²) < 4.78 is 7.80. The van der Waals surface area contributed by atoms with Gasteiger partial charge in [-0.25, -0.2) is 4.98 Å². The van der Waals surface area contributed by atoms with Crippen molar-refractivity contribution in [1.82, 2.24) is 9.55 Å². The molecular weight excluding hydrogens is 296 g/mol. The largest absolute Gasteiger partial charge is 0.486 e. The molecule has 0 saturated heterocycles. The third-order valence-electron chi connectivity index (χ3n) is 4.64. The second-order valence-corrected chi connectivity index (χ2v) is 6.76. The van der Waals surface area contributed by atoms with Crippen LogP contribution < -0.4 is 4.74 Å². The van der Waals surface area contributed by atoms with E-state index < -0.39 is 0 Å². The molecule has 124 valence electrons. The third-order valence-corrected chi connectivity index (χ3v) is 4.64. The molecule has 0 aliphatic rings. The Balaban J connectivity index is 1.73. The van der Waals surface area contributed by atoms with Crippen molar-refractivity contribution in [3.63, 3.8) is 0 Å². The van der Waals surface area contributed by atoms with Gasteiger partial charge < -0.3 is 9.30 Å². The van der Waals surface area contributed by atoms with Crippen LogP contribution in [0.2, 0.25) is 0 Å². The normalized spacial score (nSPS) is 11.5. The number of hydrogen-bond donors (Lipinski definition) is 0. The molecule has 0 radical (unpaired) electrons. The first-order valence-electron chi connectivity index (χ1n) is 8.23. The highest BCUT2D eigenvalue weighted by Crippen LogP contribution is 2.32. The Morgan fingerprint density at radius 3 is 2.08 bits per heavy atom. The Hall–Kier alpha value is -2.55. The van der Waals surface area contributed by atoms with Crippen molar-refractivity contribution in [2.24, 2.45) is 7.05 Å². The predicted molar refractivity (Wildman–Crippen MR) is 97.3 cm³/mol. The maximum atomic E-state index is 5.84. The van der Waals surface area contributed by atoms with Crippen molar-refractivity contribution < 1.29 is 4.74 Å². The van der Waals surface area contributed by atoms with E-state index in [1.54, 1.807) is 6.20 Å². The van der Waals surface area contributed by atoms with Crippen molar-refractivity contribution in [1.29, 1.82) is 0 Å². The van der Waals surface area contributed by atoms with E-state index in [9.17, 15) is 0 Å². The summed E-state index contributed by atoms with van der Waals surface area (Å²) in [7, 11) is 1.97. The van der Waals surface area contributed by atoms with Gasteiger partial charge in [0.05, 0.1) is 0 Å². The SMILES string of the molecule is Cc1ccc(C(C)(C)c2ccc(OCc3nccn3C)cc2)cc1. The zero-order valence-electron chi connectivity index (χ0n) is 14.8. The minimum Gasteiger partial charge on any atom is -0.486 e. The summed E-state index contributed by atoms with van der Waals surface area (Å²) in [6.07, 6.45) is 3.71. The number of aryl methyl sites for hydroxylation is 2. The van der Waals surface area contributed by atoms with Gasteiger partial charge in [-0.05, 0) is 30.2 Å². The molecule has 3 rings (SSSR count). The van der Waals surface area contributed by atoms with Crippen LogP contribution in [-0.4, -0.2) is 9.55 Å². The second kappa shape index (κ2) is 6.52. The number of aromatic nitrogens is 2. The second-order valence-electron chi connectivity index (χ2n) is 6.76. The first-order chi connectivity index (χ1) is 11.5. The fourth-order valence-electron chi connectivity index (χ4n) is 2.79. The first-order valence-corrected chi connectivity index (χ1v) is 8.23.